The van der Waals surface area contributed by atoms with Gasteiger partial charge in [-0.05, 0) is 101 Å². The zero-order chi connectivity index (χ0) is 37.9. The van der Waals surface area contributed by atoms with Crippen LogP contribution in [0.3, 0.4) is 0 Å². The van der Waals surface area contributed by atoms with E-state index in [1.54, 1.807) is 0 Å². The zero-order valence-electron chi connectivity index (χ0n) is 34.9. The van der Waals surface area contributed by atoms with Gasteiger partial charge in [0.2, 0.25) is 0 Å². The van der Waals surface area contributed by atoms with E-state index < -0.39 is 67.9 Å². The van der Waals surface area contributed by atoms with E-state index in [0.717, 1.165) is 6.42 Å². The lowest BCUT2D eigenvalue weighted by Crippen LogP contribution is -2.67. The maximum absolute atomic E-state index is 7.19. The molecule has 0 saturated carbocycles. The number of benzene rings is 1. The minimum atomic E-state index is -2.56. The second-order valence-corrected chi connectivity index (χ2v) is 25.4. The molecule has 0 unspecified atom stereocenters. The Labute approximate surface area is 308 Å². The van der Waals surface area contributed by atoms with Crippen LogP contribution in [0.15, 0.2) is 54.0 Å². The van der Waals surface area contributed by atoms with Gasteiger partial charge in [-0.25, -0.2) is 0 Å². The fraction of sp³-hybridized carbons (Fsp3) is 0.750. The van der Waals surface area contributed by atoms with Gasteiger partial charge in [-0.1, -0.05) is 112 Å². The van der Waals surface area contributed by atoms with Gasteiger partial charge in [0.25, 0.3) is 0 Å². The molecule has 1 aromatic carbocycles. The van der Waals surface area contributed by atoms with E-state index in [4.69, 9.17) is 27.9 Å². The summed E-state index contributed by atoms with van der Waals surface area (Å²) in [5.41, 5.74) is 0.652. The highest BCUT2D eigenvalue weighted by atomic mass is 28.3. The fourth-order valence-electron chi connectivity index (χ4n) is 9.01. The highest BCUT2D eigenvalue weighted by Crippen LogP contribution is 2.65. The Kier molecular flexibility index (Phi) is 11.6. The van der Waals surface area contributed by atoms with Crippen LogP contribution in [0, 0.1) is 0 Å². The van der Waals surface area contributed by atoms with Crippen LogP contribution in [-0.4, -0.2) is 63.0 Å². The first-order chi connectivity index (χ1) is 22.7. The van der Waals surface area contributed by atoms with Gasteiger partial charge < -0.3 is 27.9 Å². The molecule has 0 spiro atoms. The highest BCUT2D eigenvalue weighted by Gasteiger charge is 2.76. The predicted octanol–water partition coefficient (Wildman–Crippen LogP) is 10.4. The lowest BCUT2D eigenvalue weighted by molar-refractivity contribution is 0.00578. The van der Waals surface area contributed by atoms with E-state index in [2.05, 4.69) is 173 Å². The molecule has 50 heavy (non-hydrogen) atoms. The Morgan fingerprint density at radius 3 is 1.32 bits per heavy atom. The molecule has 3 saturated heterocycles. The van der Waals surface area contributed by atoms with Crippen LogP contribution in [0.2, 0.25) is 21.5 Å². The summed E-state index contributed by atoms with van der Waals surface area (Å²) in [6.45, 7) is 40.1. The minimum absolute atomic E-state index is 0.370. The normalized spacial score (nSPS) is 24.5. The standard InChI is InChI=1S/C40H69B3O6Si/c1-29(2)50(30(3)4,31(5)6)40(42-46-36(11,12)37(13,14)47-42,43-48-38(15,16)39(17,18)49-43)26-22-25-33(27-32-23-20-19-21-24-32)28-41-44-34(7,8)35(9,10)45-41/h19-24,26,28-31H,25,27H2,1-18H3/b26-22+,33-28-. The number of allylic oxidation sites excluding steroid dienone is 3. The molecule has 10 heteroatoms. The third kappa shape index (κ3) is 7.10. The predicted molar refractivity (Wildman–Crippen MR) is 214 cm³/mol. The van der Waals surface area contributed by atoms with Crippen molar-refractivity contribution in [1.29, 1.82) is 0 Å². The van der Waals surface area contributed by atoms with Crippen molar-refractivity contribution in [2.75, 3.05) is 0 Å². The quantitative estimate of drug-likeness (QED) is 0.159. The van der Waals surface area contributed by atoms with Crippen molar-refractivity contribution in [3.63, 3.8) is 0 Å². The van der Waals surface area contributed by atoms with Crippen LogP contribution in [-0.2, 0) is 34.3 Å². The molecule has 0 bridgehead atoms. The molecule has 6 nitrogen and oxygen atoms in total. The summed E-state index contributed by atoms with van der Waals surface area (Å²) in [5, 5.41) is 0. The molecule has 1 aromatic rings. The van der Waals surface area contributed by atoms with Crippen molar-refractivity contribution in [1.82, 2.24) is 0 Å². The maximum atomic E-state index is 7.19. The number of hydrogen-bond acceptors (Lipinski definition) is 6. The Hall–Kier alpha value is -1.13. The summed E-state index contributed by atoms with van der Waals surface area (Å²) in [4.78, 5) is -0.693. The first-order valence-electron chi connectivity index (χ1n) is 19.2. The molecule has 0 amide bonds. The number of rotatable bonds is 12. The van der Waals surface area contributed by atoms with Gasteiger partial charge in [0, 0.05) is 0 Å². The lowest BCUT2D eigenvalue weighted by Gasteiger charge is -2.56. The van der Waals surface area contributed by atoms with E-state index in [-0.39, 0.29) is 0 Å². The van der Waals surface area contributed by atoms with E-state index >= 15 is 0 Å². The van der Waals surface area contributed by atoms with Gasteiger partial charge in [0.05, 0.1) is 46.5 Å². The average Bonchev–Trinajstić information content (AvgIpc) is 3.40. The molecule has 3 aliphatic rings. The van der Waals surface area contributed by atoms with E-state index in [1.165, 1.54) is 11.1 Å². The average molecular weight is 707 g/mol. The minimum Gasteiger partial charge on any atom is -0.403 e. The second-order valence-electron chi connectivity index (χ2n) is 19.2. The van der Waals surface area contributed by atoms with Gasteiger partial charge in [0.15, 0.2) is 0 Å². The smallest absolute Gasteiger partial charge is 0.403 e. The Morgan fingerprint density at radius 1 is 0.600 bits per heavy atom. The van der Waals surface area contributed by atoms with Crippen LogP contribution >= 0.6 is 0 Å². The summed E-state index contributed by atoms with van der Waals surface area (Å²) < 4.78 is 41.7. The van der Waals surface area contributed by atoms with Crippen molar-refractivity contribution >= 4 is 29.4 Å². The summed E-state index contributed by atoms with van der Waals surface area (Å²) >= 11 is 0. The highest BCUT2D eigenvalue weighted by molar-refractivity contribution is 7.05. The van der Waals surface area contributed by atoms with Gasteiger partial charge in [-0.3, -0.25) is 0 Å². The summed E-state index contributed by atoms with van der Waals surface area (Å²) in [7, 11) is -4.13. The molecular weight excluding hydrogens is 637 g/mol. The zero-order valence-corrected chi connectivity index (χ0v) is 35.9. The molecular formula is C40H69B3O6Si. The fourth-order valence-corrected chi connectivity index (χ4v) is 17.5. The van der Waals surface area contributed by atoms with Crippen molar-refractivity contribution in [2.45, 2.75) is 193 Å². The Balaban J connectivity index is 1.95. The van der Waals surface area contributed by atoms with Crippen molar-refractivity contribution in [3.8, 4) is 0 Å². The molecule has 278 valence electrons. The van der Waals surface area contributed by atoms with Gasteiger partial charge in [0.1, 0.15) is 0 Å². The third-order valence-corrected chi connectivity index (χ3v) is 21.5. The van der Waals surface area contributed by atoms with Crippen LogP contribution in [0.1, 0.15) is 137 Å². The molecule has 3 heterocycles. The topological polar surface area (TPSA) is 55.4 Å². The molecule has 0 aliphatic carbocycles. The first kappa shape index (κ1) is 41.6. The first-order valence-corrected chi connectivity index (χ1v) is 21.4. The van der Waals surface area contributed by atoms with Gasteiger partial charge in [-0.15, -0.1) is 0 Å². The second kappa shape index (κ2) is 13.9. The summed E-state index contributed by atoms with van der Waals surface area (Å²) in [6, 6.07) is 10.7. The van der Waals surface area contributed by atoms with Crippen LogP contribution in [0.4, 0.5) is 0 Å². The molecule has 4 rings (SSSR count). The van der Waals surface area contributed by atoms with Crippen molar-refractivity contribution in [2.24, 2.45) is 0 Å². The van der Waals surface area contributed by atoms with E-state index in [9.17, 15) is 0 Å². The SMILES string of the molecule is CC(C)[Si](C(C)C)(C(C)C)C(/C=C/C/C(=C/B1OC(C)(C)C(C)(C)O1)Cc1ccccc1)(B1OC(C)(C)C(C)(C)O1)B1OC(C)(C)C(C)(C)O1. The van der Waals surface area contributed by atoms with Gasteiger partial charge in [-0.2, -0.15) is 0 Å². The van der Waals surface area contributed by atoms with Crippen molar-refractivity contribution in [3.05, 3.63) is 59.6 Å². The van der Waals surface area contributed by atoms with Crippen molar-refractivity contribution < 1.29 is 27.9 Å². The largest absolute Gasteiger partial charge is 0.487 e. The summed E-state index contributed by atoms with van der Waals surface area (Å²) in [6.07, 6.45) is 6.28. The van der Waals surface area contributed by atoms with E-state index in [1.807, 2.05) is 0 Å². The lowest BCUT2D eigenvalue weighted by atomic mass is 9.50. The van der Waals surface area contributed by atoms with E-state index in [0.29, 0.717) is 23.0 Å². The Bertz CT molecular complexity index is 1290. The third-order valence-electron chi connectivity index (χ3n) is 13.6. The monoisotopic (exact) mass is 707 g/mol. The molecule has 0 atom stereocenters. The maximum Gasteiger partial charge on any atom is 0.487 e. The van der Waals surface area contributed by atoms with Crippen LogP contribution < -0.4 is 0 Å². The molecule has 0 aromatic heterocycles. The van der Waals surface area contributed by atoms with Crippen LogP contribution in [0.5, 0.6) is 0 Å². The summed E-state index contributed by atoms with van der Waals surface area (Å²) in [5.74, 6) is 2.19. The molecule has 3 fully saturated rings. The molecule has 0 N–H and O–H groups in total. The van der Waals surface area contributed by atoms with Crippen LogP contribution in [0.25, 0.3) is 0 Å². The Morgan fingerprint density at radius 2 is 0.960 bits per heavy atom. The molecule has 0 radical (unpaired) electrons. The van der Waals surface area contributed by atoms with Gasteiger partial charge >= 0.3 is 21.4 Å². The number of hydrogen-bond donors (Lipinski definition) is 0. The molecule has 3 aliphatic heterocycles.